The van der Waals surface area contributed by atoms with E-state index in [2.05, 4.69) is 25.7 Å². The SMILES string of the molecule is CC(C)C(=O)NCc1ccc(Cl)c(C2NC(=O)CC(c3ccc(OC(F)F)cn3)N2)c1F. The van der Waals surface area contributed by atoms with E-state index < -0.39 is 24.6 Å². The Morgan fingerprint density at radius 2 is 2.06 bits per heavy atom. The zero-order valence-electron chi connectivity index (χ0n) is 17.3. The molecule has 2 aromatic rings. The molecule has 1 aromatic heterocycles. The minimum atomic E-state index is -2.98. The number of pyridine rings is 1. The van der Waals surface area contributed by atoms with E-state index in [4.69, 9.17) is 11.6 Å². The summed E-state index contributed by atoms with van der Waals surface area (Å²) in [5.74, 6) is -1.63. The van der Waals surface area contributed by atoms with E-state index in [-0.39, 0.29) is 52.6 Å². The summed E-state index contributed by atoms with van der Waals surface area (Å²) < 4.78 is 44.2. The van der Waals surface area contributed by atoms with Gasteiger partial charge in [-0.25, -0.2) is 4.39 Å². The quantitative estimate of drug-likeness (QED) is 0.575. The molecule has 1 saturated heterocycles. The maximum absolute atomic E-state index is 15.3. The third kappa shape index (κ3) is 5.68. The average Bonchev–Trinajstić information content (AvgIpc) is 2.72. The fourth-order valence-corrected chi connectivity index (χ4v) is 3.48. The summed E-state index contributed by atoms with van der Waals surface area (Å²) in [6.45, 7) is 0.430. The van der Waals surface area contributed by atoms with Crippen LogP contribution in [0.2, 0.25) is 5.02 Å². The van der Waals surface area contributed by atoms with Crippen molar-refractivity contribution < 1.29 is 27.5 Å². The first kappa shape index (κ1) is 23.8. The number of hydrogen-bond donors (Lipinski definition) is 3. The average molecular weight is 471 g/mol. The van der Waals surface area contributed by atoms with E-state index in [0.29, 0.717) is 5.69 Å². The molecule has 2 heterocycles. The number of carbonyl (C=O) groups is 2. The van der Waals surface area contributed by atoms with Crippen LogP contribution in [0.5, 0.6) is 5.75 Å². The van der Waals surface area contributed by atoms with Gasteiger partial charge in [-0.3, -0.25) is 19.9 Å². The Kier molecular flexibility index (Phi) is 7.57. The third-order valence-electron chi connectivity index (χ3n) is 4.88. The zero-order chi connectivity index (χ0) is 23.4. The summed E-state index contributed by atoms with van der Waals surface area (Å²) in [6, 6.07) is 5.09. The molecule has 0 aliphatic carbocycles. The van der Waals surface area contributed by atoms with Crippen LogP contribution < -0.4 is 20.7 Å². The van der Waals surface area contributed by atoms with Gasteiger partial charge in [0.1, 0.15) is 17.7 Å². The second-order valence-electron chi connectivity index (χ2n) is 7.53. The third-order valence-corrected chi connectivity index (χ3v) is 5.21. The number of carbonyl (C=O) groups excluding carboxylic acids is 2. The predicted octanol–water partition coefficient (Wildman–Crippen LogP) is 3.60. The van der Waals surface area contributed by atoms with Crippen LogP contribution in [0.15, 0.2) is 30.5 Å². The van der Waals surface area contributed by atoms with Gasteiger partial charge < -0.3 is 15.4 Å². The molecule has 32 heavy (non-hydrogen) atoms. The van der Waals surface area contributed by atoms with E-state index in [9.17, 15) is 18.4 Å². The number of alkyl halides is 2. The minimum Gasteiger partial charge on any atom is -0.433 e. The highest BCUT2D eigenvalue weighted by molar-refractivity contribution is 6.31. The number of benzene rings is 1. The molecule has 2 unspecified atom stereocenters. The lowest BCUT2D eigenvalue weighted by atomic mass is 10.0. The van der Waals surface area contributed by atoms with Crippen molar-refractivity contribution in [2.75, 3.05) is 0 Å². The van der Waals surface area contributed by atoms with E-state index in [0.717, 1.165) is 6.20 Å². The molecular formula is C21H22ClF3N4O3. The van der Waals surface area contributed by atoms with Gasteiger partial charge in [0.25, 0.3) is 0 Å². The highest BCUT2D eigenvalue weighted by Gasteiger charge is 2.32. The van der Waals surface area contributed by atoms with Gasteiger partial charge in [-0.15, -0.1) is 0 Å². The van der Waals surface area contributed by atoms with Crippen LogP contribution in [0.4, 0.5) is 13.2 Å². The van der Waals surface area contributed by atoms with Gasteiger partial charge >= 0.3 is 6.61 Å². The van der Waals surface area contributed by atoms with Crippen LogP contribution in [0.25, 0.3) is 0 Å². The first-order valence-electron chi connectivity index (χ1n) is 9.86. The van der Waals surface area contributed by atoms with Crippen molar-refractivity contribution in [2.24, 2.45) is 5.92 Å². The number of amides is 2. The molecule has 0 saturated carbocycles. The number of nitrogens with zero attached hydrogens (tertiary/aromatic N) is 1. The van der Waals surface area contributed by atoms with Crippen LogP contribution >= 0.6 is 11.6 Å². The van der Waals surface area contributed by atoms with Crippen molar-refractivity contribution >= 4 is 23.4 Å². The standard InChI is InChI=1S/C21H22ClF3N4O3/c1-10(2)20(31)27-8-11-3-5-13(22)17(18(11)23)19-28-15(7-16(30)29-19)14-6-4-12(9-26-14)32-21(24)25/h3-6,9-10,15,19,21,28H,7-8H2,1-2H3,(H,27,31)(H,29,30). The summed E-state index contributed by atoms with van der Waals surface area (Å²) in [5, 5.41) is 8.46. The lowest BCUT2D eigenvalue weighted by Gasteiger charge is -2.32. The molecular weight excluding hydrogens is 449 g/mol. The predicted molar refractivity (Wildman–Crippen MR) is 110 cm³/mol. The molecule has 1 aliphatic heterocycles. The van der Waals surface area contributed by atoms with E-state index in [1.807, 2.05) is 0 Å². The lowest BCUT2D eigenvalue weighted by molar-refractivity contribution is -0.125. The molecule has 172 valence electrons. The Hall–Kier alpha value is -2.85. The largest absolute Gasteiger partial charge is 0.433 e. The molecule has 0 radical (unpaired) electrons. The zero-order valence-corrected chi connectivity index (χ0v) is 18.1. The summed E-state index contributed by atoms with van der Waals surface area (Å²) >= 11 is 6.24. The van der Waals surface area contributed by atoms with Crippen molar-refractivity contribution in [3.05, 3.63) is 58.1 Å². The van der Waals surface area contributed by atoms with Crippen LogP contribution in [0.3, 0.4) is 0 Å². The molecule has 2 amide bonds. The number of hydrogen-bond acceptors (Lipinski definition) is 5. The summed E-state index contributed by atoms with van der Waals surface area (Å²) in [6.07, 6.45) is 0.159. The van der Waals surface area contributed by atoms with Gasteiger partial charge in [0, 0.05) is 30.0 Å². The van der Waals surface area contributed by atoms with Crippen LogP contribution in [-0.4, -0.2) is 23.4 Å². The molecule has 0 bridgehead atoms. The summed E-state index contributed by atoms with van der Waals surface area (Å²) in [7, 11) is 0. The number of nitrogens with one attached hydrogen (secondary N) is 3. The van der Waals surface area contributed by atoms with Gasteiger partial charge in [0.15, 0.2) is 0 Å². The van der Waals surface area contributed by atoms with E-state index in [1.54, 1.807) is 13.8 Å². The Bertz CT molecular complexity index is 989. The molecule has 7 nitrogen and oxygen atoms in total. The van der Waals surface area contributed by atoms with Crippen molar-refractivity contribution in [3.8, 4) is 5.75 Å². The molecule has 11 heteroatoms. The highest BCUT2D eigenvalue weighted by atomic mass is 35.5. The number of aromatic nitrogens is 1. The van der Waals surface area contributed by atoms with Gasteiger partial charge in [-0.1, -0.05) is 31.5 Å². The normalized spacial score (nSPS) is 18.6. The lowest BCUT2D eigenvalue weighted by Crippen LogP contribution is -2.47. The Balaban J connectivity index is 1.82. The van der Waals surface area contributed by atoms with Crippen molar-refractivity contribution in [2.45, 2.75) is 45.6 Å². The van der Waals surface area contributed by atoms with E-state index in [1.165, 1.54) is 24.3 Å². The fraction of sp³-hybridized carbons (Fsp3) is 0.381. The summed E-state index contributed by atoms with van der Waals surface area (Å²) in [5.41, 5.74) is 0.630. The highest BCUT2D eigenvalue weighted by Crippen LogP contribution is 2.32. The topological polar surface area (TPSA) is 92.4 Å². The number of rotatable bonds is 7. The minimum absolute atomic E-state index is 0.00191. The maximum atomic E-state index is 15.3. The molecule has 3 rings (SSSR count). The molecule has 1 aromatic carbocycles. The molecule has 1 aliphatic rings. The van der Waals surface area contributed by atoms with Crippen LogP contribution in [-0.2, 0) is 16.1 Å². The second-order valence-corrected chi connectivity index (χ2v) is 7.94. The van der Waals surface area contributed by atoms with Crippen molar-refractivity contribution in [1.29, 1.82) is 0 Å². The van der Waals surface area contributed by atoms with Gasteiger partial charge in [0.2, 0.25) is 11.8 Å². The number of halogens is 4. The molecule has 0 spiro atoms. The van der Waals surface area contributed by atoms with Crippen LogP contribution in [0, 0.1) is 11.7 Å². The van der Waals surface area contributed by atoms with E-state index >= 15 is 4.39 Å². The fourth-order valence-electron chi connectivity index (χ4n) is 3.23. The second kappa shape index (κ2) is 10.2. The molecule has 3 N–H and O–H groups in total. The summed E-state index contributed by atoms with van der Waals surface area (Å²) in [4.78, 5) is 28.2. The van der Waals surface area contributed by atoms with Gasteiger partial charge in [-0.05, 0) is 18.2 Å². The van der Waals surface area contributed by atoms with Crippen LogP contribution in [0.1, 0.15) is 49.3 Å². The maximum Gasteiger partial charge on any atom is 0.387 e. The van der Waals surface area contributed by atoms with Crippen molar-refractivity contribution in [3.63, 3.8) is 0 Å². The first-order valence-corrected chi connectivity index (χ1v) is 10.2. The van der Waals surface area contributed by atoms with Gasteiger partial charge in [0.05, 0.1) is 23.0 Å². The van der Waals surface area contributed by atoms with Gasteiger partial charge in [-0.2, -0.15) is 8.78 Å². The first-order chi connectivity index (χ1) is 15.2. The number of ether oxygens (including phenoxy) is 1. The molecule has 2 atom stereocenters. The Morgan fingerprint density at radius 1 is 1.31 bits per heavy atom. The molecule has 1 fully saturated rings. The Morgan fingerprint density at radius 3 is 2.69 bits per heavy atom. The van der Waals surface area contributed by atoms with Crippen molar-refractivity contribution in [1.82, 2.24) is 20.9 Å². The Labute approximate surface area is 187 Å². The monoisotopic (exact) mass is 470 g/mol. The smallest absolute Gasteiger partial charge is 0.387 e.